The summed E-state index contributed by atoms with van der Waals surface area (Å²) in [6, 6.07) is 12.6. The number of nitrogens with one attached hydrogen (secondary N) is 2. The van der Waals surface area contributed by atoms with Crippen molar-refractivity contribution in [2.45, 2.75) is 137 Å². The van der Waals surface area contributed by atoms with Crippen molar-refractivity contribution in [1.82, 2.24) is 59.2 Å². The molecule has 12 rings (SSSR count). The van der Waals surface area contributed by atoms with Gasteiger partial charge in [0, 0.05) is 102 Å². The van der Waals surface area contributed by atoms with Crippen molar-refractivity contribution in [1.29, 1.82) is 0 Å². The minimum atomic E-state index is -0.463. The van der Waals surface area contributed by atoms with Crippen LogP contribution in [0, 0.1) is 11.8 Å². The van der Waals surface area contributed by atoms with Gasteiger partial charge in [-0.3, -0.25) is 0 Å². The third kappa shape index (κ3) is 11.7. The van der Waals surface area contributed by atoms with E-state index in [0.29, 0.717) is 54.0 Å². The molecule has 8 aromatic rings. The second-order valence-electron chi connectivity index (χ2n) is 21.2. The second-order valence-corrected chi connectivity index (χ2v) is 21.6. The van der Waals surface area contributed by atoms with Gasteiger partial charge in [-0.2, -0.15) is 9.97 Å². The van der Waals surface area contributed by atoms with Crippen molar-refractivity contribution in [3.63, 3.8) is 0 Å². The number of anilines is 3. The van der Waals surface area contributed by atoms with Crippen LogP contribution in [0.4, 0.5) is 22.5 Å². The summed E-state index contributed by atoms with van der Waals surface area (Å²) in [4.78, 5) is 49.9. The molecule has 0 bridgehead atoms. The highest BCUT2D eigenvalue weighted by Gasteiger charge is 2.29. The van der Waals surface area contributed by atoms with Crippen molar-refractivity contribution < 1.29 is 19.0 Å². The predicted octanol–water partition coefficient (Wildman–Crippen LogP) is 11.5. The van der Waals surface area contributed by atoms with Gasteiger partial charge in [0.2, 0.25) is 23.7 Å². The van der Waals surface area contributed by atoms with Gasteiger partial charge in [0.1, 0.15) is 27.9 Å². The third-order valence-corrected chi connectivity index (χ3v) is 15.0. The molecule has 2 aliphatic heterocycles. The Morgan fingerprint density at radius 3 is 1.88 bits per heavy atom. The molecule has 0 saturated heterocycles. The molecule has 0 aromatic carbocycles. The molecule has 2 saturated carbocycles. The average molecular weight is 1040 g/mol. The Morgan fingerprint density at radius 1 is 0.707 bits per heavy atom. The van der Waals surface area contributed by atoms with Crippen LogP contribution in [0.3, 0.4) is 0 Å². The highest BCUT2D eigenvalue weighted by Crippen LogP contribution is 2.41. The monoisotopic (exact) mass is 1040 g/mol. The summed E-state index contributed by atoms with van der Waals surface area (Å²) in [5.74, 6) is 4.46. The van der Waals surface area contributed by atoms with E-state index in [1.165, 1.54) is 31.2 Å². The molecule has 0 unspecified atom stereocenters. The number of hydrogen-bond acceptors (Lipinski definition) is 15. The van der Waals surface area contributed by atoms with Gasteiger partial charge in [0.15, 0.2) is 0 Å². The number of nitrogen functional groups attached to an aromatic ring is 1. The van der Waals surface area contributed by atoms with Crippen molar-refractivity contribution in [3.05, 3.63) is 88.9 Å². The molecule has 0 spiro atoms. The molecule has 10 heterocycles. The summed E-state index contributed by atoms with van der Waals surface area (Å²) in [5, 5.41) is 11.4. The number of amides is 1. The first kappa shape index (κ1) is 52.9. The van der Waals surface area contributed by atoms with E-state index >= 15 is 0 Å². The van der Waals surface area contributed by atoms with Gasteiger partial charge in [0.05, 0.1) is 44.2 Å². The van der Waals surface area contributed by atoms with Gasteiger partial charge < -0.3 is 44.6 Å². The van der Waals surface area contributed by atoms with Crippen molar-refractivity contribution >= 4 is 79.3 Å². The number of rotatable bonds is 6. The molecule has 4 N–H and O–H groups in total. The van der Waals surface area contributed by atoms with Crippen LogP contribution < -0.4 is 25.8 Å². The lowest BCUT2D eigenvalue weighted by Gasteiger charge is -2.30. The first-order valence-corrected chi connectivity index (χ1v) is 26.3. The number of nitrogens with two attached hydrogens (primary N) is 1. The van der Waals surface area contributed by atoms with Crippen LogP contribution in [-0.4, -0.2) is 92.9 Å². The predicted molar refractivity (Wildman–Crippen MR) is 296 cm³/mol. The Bertz CT molecular complexity index is 3320. The number of ether oxygens (including phenoxy) is 3. The second kappa shape index (κ2) is 22.5. The molecule has 396 valence electrons. The average Bonchev–Trinajstić information content (AvgIpc) is 3.91. The lowest BCUT2D eigenvalue weighted by molar-refractivity contribution is 0.0222. The molecule has 19 heteroatoms. The molecule has 18 nitrogen and oxygen atoms in total. The maximum Gasteiger partial charge on any atom is 0.410 e. The van der Waals surface area contributed by atoms with Crippen LogP contribution in [0.15, 0.2) is 61.2 Å². The quantitative estimate of drug-likeness (QED) is 0.132. The summed E-state index contributed by atoms with van der Waals surface area (Å²) < 4.78 is 20.7. The van der Waals surface area contributed by atoms with Crippen LogP contribution >= 0.6 is 11.6 Å². The fourth-order valence-corrected chi connectivity index (χ4v) is 11.0. The molecule has 75 heavy (non-hydrogen) atoms. The Balaban J connectivity index is 0.000000144. The number of halogens is 1. The van der Waals surface area contributed by atoms with E-state index in [2.05, 4.69) is 69.6 Å². The van der Waals surface area contributed by atoms with Gasteiger partial charge >= 0.3 is 6.09 Å². The summed E-state index contributed by atoms with van der Waals surface area (Å²) in [6.45, 7) is 13.3. The largest absolute Gasteiger partial charge is 0.481 e. The Kier molecular flexibility index (Phi) is 15.9. The zero-order valence-electron chi connectivity index (χ0n) is 43.5. The Morgan fingerprint density at radius 2 is 1.28 bits per heavy atom. The number of aromatic nitrogens is 10. The van der Waals surface area contributed by atoms with Gasteiger partial charge in [-0.1, -0.05) is 45.0 Å². The van der Waals surface area contributed by atoms with Gasteiger partial charge in [-0.25, -0.2) is 34.7 Å². The molecule has 0 atom stereocenters. The number of fused-ring (bicyclic) bond motifs is 8. The van der Waals surface area contributed by atoms with Gasteiger partial charge in [-0.15, -0.1) is 0 Å². The van der Waals surface area contributed by atoms with Gasteiger partial charge in [-0.05, 0) is 107 Å². The molecular formula is C56H71ClN14O4. The van der Waals surface area contributed by atoms with E-state index in [-0.39, 0.29) is 13.5 Å². The standard InChI is InChI=1S/C25H29N7O.C17H21N5O.C13H17ClN2O2.CH4/c1-15-3-6-17(7-4-15)32-21-14-27-23(33-2)11-18(21)19-13-28-25(31-24(19)32)30-22-8-5-16-12-26-10-9-20(16)29-22;1-10-3-5-11(6-4-10)22-14-9-19-15(23-2)7-12(14)13-8-20-17(18)21-16(13)22;1-13(2,3)18-12(17)16-7-6-10-9(8-16)4-5-11(14)15-10;/h5,8,11,13-15,17,26H,3-4,6-7,9-10,12H2,1-2H3,(H,28,29,30,31);7-11H,3-6H2,1-2H3,(H2,18,20,21);4-5H,6-8H2,1-3H3;1H4. The molecule has 0 radical (unpaired) electrons. The minimum Gasteiger partial charge on any atom is -0.481 e. The number of hydrogen-bond donors (Lipinski definition) is 3. The number of pyridine rings is 4. The van der Waals surface area contributed by atoms with Crippen molar-refractivity contribution in [2.75, 3.05) is 38.4 Å². The Labute approximate surface area is 443 Å². The fourth-order valence-electron chi connectivity index (χ4n) is 10.8. The maximum absolute atomic E-state index is 11.9. The van der Waals surface area contributed by atoms with E-state index in [4.69, 9.17) is 41.5 Å². The highest BCUT2D eigenvalue weighted by molar-refractivity contribution is 6.29. The first-order valence-electron chi connectivity index (χ1n) is 26.0. The summed E-state index contributed by atoms with van der Waals surface area (Å²) in [5.41, 5.74) is 13.8. The first-order chi connectivity index (χ1) is 35.7. The van der Waals surface area contributed by atoms with Crippen molar-refractivity contribution in [2.24, 2.45) is 11.8 Å². The Hall–Kier alpha value is -6.92. The van der Waals surface area contributed by atoms with Crippen LogP contribution in [0.1, 0.15) is 128 Å². The summed E-state index contributed by atoms with van der Waals surface area (Å²) >= 11 is 5.85. The summed E-state index contributed by atoms with van der Waals surface area (Å²) in [7, 11) is 3.28. The fraction of sp³-hybridized carbons (Fsp3) is 0.482. The van der Waals surface area contributed by atoms with E-state index in [1.807, 2.05) is 63.6 Å². The normalized spacial score (nSPS) is 19.4. The van der Waals surface area contributed by atoms with E-state index < -0.39 is 5.60 Å². The van der Waals surface area contributed by atoms with Crippen LogP contribution in [0.2, 0.25) is 5.15 Å². The van der Waals surface area contributed by atoms with Crippen LogP contribution in [-0.2, 0) is 30.7 Å². The number of nitrogens with zero attached hydrogens (tertiary/aromatic N) is 11. The lowest BCUT2D eigenvalue weighted by atomic mass is 9.87. The van der Waals surface area contributed by atoms with E-state index in [1.54, 1.807) is 31.4 Å². The molecule has 1 amide bonds. The molecule has 2 aliphatic carbocycles. The maximum atomic E-state index is 11.9. The lowest BCUT2D eigenvalue weighted by Crippen LogP contribution is -2.40. The third-order valence-electron chi connectivity index (χ3n) is 14.8. The van der Waals surface area contributed by atoms with Crippen LogP contribution in [0.25, 0.3) is 43.9 Å². The minimum absolute atomic E-state index is 0. The van der Waals surface area contributed by atoms with Crippen molar-refractivity contribution in [3.8, 4) is 11.8 Å². The molecule has 8 aromatic heterocycles. The van der Waals surface area contributed by atoms with E-state index in [9.17, 15) is 4.79 Å². The summed E-state index contributed by atoms with van der Waals surface area (Å²) in [6.07, 6.45) is 18.5. The smallest absolute Gasteiger partial charge is 0.410 e. The van der Waals surface area contributed by atoms with E-state index in [0.717, 1.165) is 130 Å². The number of carbonyl (C=O) groups excluding carboxylic acids is 1. The van der Waals surface area contributed by atoms with Gasteiger partial charge in [0.25, 0.3) is 0 Å². The van der Waals surface area contributed by atoms with Crippen LogP contribution in [0.5, 0.6) is 11.8 Å². The number of methoxy groups -OCH3 is 2. The topological polar surface area (TPSA) is 211 Å². The zero-order chi connectivity index (χ0) is 51.7. The zero-order valence-corrected chi connectivity index (χ0v) is 44.2. The molecule has 4 aliphatic rings. The highest BCUT2D eigenvalue weighted by atomic mass is 35.5. The molecular weight excluding hydrogens is 968 g/mol. The number of carbonyl (C=O) groups is 1. The SMILES string of the molecule is C.CC(C)(C)OC(=O)N1CCc2nc(Cl)ccc2C1.COc1cc2c3cnc(N)nc3n(C3CCC(C)CC3)c2cn1.COc1cc2c3cnc(Nc4ccc5c(n4)CCNC5)nc3n(C3CCC(C)CC3)c2cn1. The molecule has 2 fully saturated rings.